The number of rotatable bonds is 4. The van der Waals surface area contributed by atoms with Crippen molar-refractivity contribution in [3.05, 3.63) is 30.1 Å². The molecule has 3 N–H and O–H groups in total. The summed E-state index contributed by atoms with van der Waals surface area (Å²) < 4.78 is 13.2. The molecule has 0 aliphatic rings. The minimum Gasteiger partial charge on any atom is -0.409 e. The molecule has 104 valence electrons. The normalized spacial score (nSPS) is 14.8. The summed E-state index contributed by atoms with van der Waals surface area (Å²) in [5, 5.41) is 11.7. The summed E-state index contributed by atoms with van der Waals surface area (Å²) in [6.45, 7) is 3.34. The number of amidine groups is 1. The molecule has 0 bridgehead atoms. The zero-order chi connectivity index (χ0) is 14.6. The minimum atomic E-state index is -1.13. The lowest BCUT2D eigenvalue weighted by molar-refractivity contribution is -0.124. The highest BCUT2D eigenvalue weighted by Gasteiger charge is 2.38. The Hall–Kier alpha value is -2.11. The number of amides is 1. The zero-order valence-corrected chi connectivity index (χ0v) is 11.2. The Balaban J connectivity index is 3.11. The second-order valence-corrected chi connectivity index (χ2v) is 4.51. The van der Waals surface area contributed by atoms with Crippen molar-refractivity contribution in [2.45, 2.75) is 20.3 Å². The lowest BCUT2D eigenvalue weighted by Crippen LogP contribution is -2.48. The van der Waals surface area contributed by atoms with Gasteiger partial charge in [-0.25, -0.2) is 4.39 Å². The van der Waals surface area contributed by atoms with E-state index >= 15 is 0 Å². The Bertz CT molecular complexity index is 504. The van der Waals surface area contributed by atoms with Crippen LogP contribution in [0.3, 0.4) is 0 Å². The lowest BCUT2D eigenvalue weighted by Gasteiger charge is -2.30. The van der Waals surface area contributed by atoms with Gasteiger partial charge in [0.2, 0.25) is 5.91 Å². The molecule has 1 atom stereocenters. The van der Waals surface area contributed by atoms with Gasteiger partial charge in [0.15, 0.2) is 5.84 Å². The molecule has 0 heterocycles. The highest BCUT2D eigenvalue weighted by molar-refractivity contribution is 6.12. The summed E-state index contributed by atoms with van der Waals surface area (Å²) in [5.74, 6) is -0.960. The Kier molecular flexibility index (Phi) is 4.47. The summed E-state index contributed by atoms with van der Waals surface area (Å²) in [6, 6.07) is 5.68. The molecule has 19 heavy (non-hydrogen) atoms. The van der Waals surface area contributed by atoms with Gasteiger partial charge in [-0.2, -0.15) is 0 Å². The first-order valence-electron chi connectivity index (χ1n) is 5.88. The number of halogens is 1. The van der Waals surface area contributed by atoms with Crippen LogP contribution in [0.2, 0.25) is 0 Å². The molecule has 1 aromatic rings. The molecule has 1 amide bonds. The third kappa shape index (κ3) is 2.83. The average molecular weight is 267 g/mol. The predicted molar refractivity (Wildman–Crippen MR) is 71.6 cm³/mol. The van der Waals surface area contributed by atoms with Gasteiger partial charge in [-0.15, -0.1) is 0 Å². The number of hydrogen-bond acceptors (Lipinski definition) is 3. The van der Waals surface area contributed by atoms with Gasteiger partial charge < -0.3 is 15.8 Å². The van der Waals surface area contributed by atoms with Crippen LogP contribution >= 0.6 is 0 Å². The average Bonchev–Trinajstić information content (AvgIpc) is 2.43. The van der Waals surface area contributed by atoms with Crippen LogP contribution in [0.4, 0.5) is 10.1 Å². The standard InChI is InChI=1S/C13H18FN3O2/c1-4-13(2,11(15)16-19)12(18)17(3)10-7-5-6-9(14)8-10/h5-8,19H,4H2,1-3H3,(H2,15,16). The van der Waals surface area contributed by atoms with Crippen molar-refractivity contribution in [2.24, 2.45) is 16.3 Å². The second-order valence-electron chi connectivity index (χ2n) is 4.51. The van der Waals surface area contributed by atoms with E-state index in [-0.39, 0.29) is 11.7 Å². The van der Waals surface area contributed by atoms with Crippen molar-refractivity contribution in [2.75, 3.05) is 11.9 Å². The maximum atomic E-state index is 13.2. The van der Waals surface area contributed by atoms with Crippen LogP contribution in [-0.2, 0) is 4.79 Å². The van der Waals surface area contributed by atoms with E-state index in [4.69, 9.17) is 10.9 Å². The fourth-order valence-corrected chi connectivity index (χ4v) is 1.72. The molecule has 0 saturated heterocycles. The fraction of sp³-hybridized carbons (Fsp3) is 0.385. The Morgan fingerprint density at radius 1 is 1.58 bits per heavy atom. The van der Waals surface area contributed by atoms with E-state index in [2.05, 4.69) is 5.16 Å². The smallest absolute Gasteiger partial charge is 0.240 e. The van der Waals surface area contributed by atoms with Crippen LogP contribution in [0.1, 0.15) is 20.3 Å². The van der Waals surface area contributed by atoms with Gasteiger partial charge in [0.05, 0.1) is 0 Å². The van der Waals surface area contributed by atoms with Gasteiger partial charge in [-0.1, -0.05) is 18.1 Å². The number of benzene rings is 1. The molecule has 0 saturated carbocycles. The van der Waals surface area contributed by atoms with Crippen LogP contribution in [0.5, 0.6) is 0 Å². The number of anilines is 1. The number of nitrogens with two attached hydrogens (primary N) is 1. The van der Waals surface area contributed by atoms with E-state index in [1.165, 1.54) is 30.1 Å². The highest BCUT2D eigenvalue weighted by Crippen LogP contribution is 2.27. The van der Waals surface area contributed by atoms with Crippen molar-refractivity contribution in [3.8, 4) is 0 Å². The molecular weight excluding hydrogens is 249 g/mol. The van der Waals surface area contributed by atoms with Crippen LogP contribution in [0.25, 0.3) is 0 Å². The summed E-state index contributed by atoms with van der Waals surface area (Å²) in [7, 11) is 1.52. The Labute approximate surface area is 111 Å². The molecule has 0 aliphatic heterocycles. The van der Waals surface area contributed by atoms with Gasteiger partial charge in [0.1, 0.15) is 11.2 Å². The van der Waals surface area contributed by atoms with Crippen LogP contribution in [-0.4, -0.2) is 24.0 Å². The number of oxime groups is 1. The highest BCUT2D eigenvalue weighted by atomic mass is 19.1. The van der Waals surface area contributed by atoms with E-state index in [0.29, 0.717) is 12.1 Å². The predicted octanol–water partition coefficient (Wildman–Crippen LogP) is 1.95. The molecule has 0 fully saturated rings. The molecule has 1 unspecified atom stereocenters. The van der Waals surface area contributed by atoms with Crippen LogP contribution in [0, 0.1) is 11.2 Å². The van der Waals surface area contributed by atoms with E-state index in [1.54, 1.807) is 19.9 Å². The van der Waals surface area contributed by atoms with Crippen molar-refractivity contribution in [1.82, 2.24) is 0 Å². The molecule has 6 heteroatoms. The molecule has 0 spiro atoms. The monoisotopic (exact) mass is 267 g/mol. The zero-order valence-electron chi connectivity index (χ0n) is 11.2. The molecule has 1 rings (SSSR count). The first kappa shape index (κ1) is 14.9. The first-order valence-corrected chi connectivity index (χ1v) is 5.88. The second kappa shape index (κ2) is 5.69. The summed E-state index contributed by atoms with van der Waals surface area (Å²) in [4.78, 5) is 13.7. The third-order valence-electron chi connectivity index (χ3n) is 3.35. The van der Waals surface area contributed by atoms with Crippen molar-refractivity contribution >= 4 is 17.4 Å². The van der Waals surface area contributed by atoms with Crippen molar-refractivity contribution in [3.63, 3.8) is 0 Å². The number of carbonyl (C=O) groups excluding carboxylic acids is 1. The summed E-state index contributed by atoms with van der Waals surface area (Å²) >= 11 is 0. The quantitative estimate of drug-likeness (QED) is 0.379. The van der Waals surface area contributed by atoms with Gasteiger partial charge in [0, 0.05) is 12.7 Å². The molecule has 0 aliphatic carbocycles. The topological polar surface area (TPSA) is 78.9 Å². The van der Waals surface area contributed by atoms with E-state index in [1.807, 2.05) is 0 Å². The van der Waals surface area contributed by atoms with Gasteiger partial charge in [0.25, 0.3) is 0 Å². The largest absolute Gasteiger partial charge is 0.409 e. The van der Waals surface area contributed by atoms with Crippen LogP contribution < -0.4 is 10.6 Å². The summed E-state index contributed by atoms with van der Waals surface area (Å²) in [5.41, 5.74) is 4.87. The molecular formula is C13H18FN3O2. The number of nitrogens with zero attached hydrogens (tertiary/aromatic N) is 2. The fourth-order valence-electron chi connectivity index (χ4n) is 1.72. The van der Waals surface area contributed by atoms with Crippen molar-refractivity contribution in [1.29, 1.82) is 0 Å². The SMILES string of the molecule is CCC(C)(C(=O)N(C)c1cccc(F)c1)/C(N)=N/O. The molecule has 5 nitrogen and oxygen atoms in total. The van der Waals surface area contributed by atoms with Crippen LogP contribution in [0.15, 0.2) is 29.4 Å². The first-order chi connectivity index (χ1) is 8.86. The van der Waals surface area contributed by atoms with E-state index in [0.717, 1.165) is 0 Å². The number of carbonyl (C=O) groups is 1. The van der Waals surface area contributed by atoms with Gasteiger partial charge in [-0.3, -0.25) is 4.79 Å². The summed E-state index contributed by atoms with van der Waals surface area (Å²) in [6.07, 6.45) is 0.362. The Morgan fingerprint density at radius 3 is 2.68 bits per heavy atom. The molecule has 1 aromatic carbocycles. The molecule has 0 radical (unpaired) electrons. The van der Waals surface area contributed by atoms with E-state index in [9.17, 15) is 9.18 Å². The van der Waals surface area contributed by atoms with Gasteiger partial charge in [-0.05, 0) is 31.5 Å². The van der Waals surface area contributed by atoms with E-state index < -0.39 is 11.2 Å². The number of hydrogen-bond donors (Lipinski definition) is 2. The maximum Gasteiger partial charge on any atom is 0.240 e. The minimum absolute atomic E-state index is 0.164. The Morgan fingerprint density at radius 2 is 2.21 bits per heavy atom. The third-order valence-corrected chi connectivity index (χ3v) is 3.35. The molecule has 0 aromatic heterocycles. The van der Waals surface area contributed by atoms with Gasteiger partial charge >= 0.3 is 0 Å². The maximum absolute atomic E-state index is 13.2. The van der Waals surface area contributed by atoms with Crippen molar-refractivity contribution < 1.29 is 14.4 Å². The lowest BCUT2D eigenvalue weighted by atomic mass is 9.84.